The van der Waals surface area contributed by atoms with Gasteiger partial charge in [0.25, 0.3) is 0 Å². The summed E-state index contributed by atoms with van der Waals surface area (Å²) in [6.45, 7) is 7.71. The quantitative estimate of drug-likeness (QED) is 0.760. The van der Waals surface area contributed by atoms with Crippen LogP contribution in [0.4, 0.5) is 0 Å². The van der Waals surface area contributed by atoms with E-state index in [0.717, 1.165) is 18.4 Å². The van der Waals surface area contributed by atoms with Crippen LogP contribution in [0.5, 0.6) is 0 Å². The minimum Gasteiger partial charge on any atom is -0.310 e. The van der Waals surface area contributed by atoms with Crippen molar-refractivity contribution in [2.45, 2.75) is 46.1 Å². The van der Waals surface area contributed by atoms with Crippen molar-refractivity contribution in [1.82, 2.24) is 5.32 Å². The first-order valence-electron chi connectivity index (χ1n) is 5.62. The van der Waals surface area contributed by atoms with E-state index in [4.69, 9.17) is 11.6 Å². The minimum atomic E-state index is 0.692. The summed E-state index contributed by atoms with van der Waals surface area (Å²) in [7, 11) is 0. The first kappa shape index (κ1) is 12.1. The van der Waals surface area contributed by atoms with E-state index in [1.807, 2.05) is 0 Å². The zero-order valence-electron chi connectivity index (χ0n) is 9.52. The summed E-state index contributed by atoms with van der Waals surface area (Å²) in [4.78, 5) is 0. The number of hydrogen-bond acceptors (Lipinski definition) is 1. The third kappa shape index (κ3) is 3.62. The van der Waals surface area contributed by atoms with E-state index in [0.29, 0.717) is 6.04 Å². The van der Waals surface area contributed by atoms with Gasteiger partial charge in [0.2, 0.25) is 0 Å². The normalized spacial score (nSPS) is 34.6. The molecule has 0 aliphatic heterocycles. The molecule has 2 heteroatoms. The number of hydrogen-bond donors (Lipinski definition) is 1. The summed E-state index contributed by atoms with van der Waals surface area (Å²) in [6.07, 6.45) is 4.05. The Morgan fingerprint density at radius 1 is 1.43 bits per heavy atom. The fraction of sp³-hybridized carbons (Fsp3) is 0.833. The van der Waals surface area contributed by atoms with Gasteiger partial charge in [-0.2, -0.15) is 0 Å². The molecule has 3 unspecified atom stereocenters. The van der Waals surface area contributed by atoms with Crippen LogP contribution in [0.15, 0.2) is 11.1 Å². The van der Waals surface area contributed by atoms with Crippen LogP contribution in [0.1, 0.15) is 40.0 Å². The molecule has 82 valence electrons. The lowest BCUT2D eigenvalue weighted by molar-refractivity contribution is 0.232. The van der Waals surface area contributed by atoms with Gasteiger partial charge >= 0.3 is 0 Å². The second kappa shape index (κ2) is 5.77. The average molecular weight is 216 g/mol. The molecule has 0 bridgehead atoms. The van der Waals surface area contributed by atoms with Crippen molar-refractivity contribution in [2.75, 3.05) is 6.54 Å². The zero-order chi connectivity index (χ0) is 10.6. The number of rotatable bonds is 3. The third-order valence-electron chi connectivity index (χ3n) is 3.26. The summed E-state index contributed by atoms with van der Waals surface area (Å²) >= 11 is 5.63. The highest BCUT2D eigenvalue weighted by Gasteiger charge is 2.24. The van der Waals surface area contributed by atoms with E-state index in [1.165, 1.54) is 24.8 Å². The highest BCUT2D eigenvalue weighted by Crippen LogP contribution is 2.28. The van der Waals surface area contributed by atoms with Gasteiger partial charge in [0.05, 0.1) is 0 Å². The molecule has 1 aliphatic carbocycles. The van der Waals surface area contributed by atoms with Crippen LogP contribution < -0.4 is 5.32 Å². The summed E-state index contributed by atoms with van der Waals surface area (Å²) < 4.78 is 0. The second-order valence-electron chi connectivity index (χ2n) is 4.84. The highest BCUT2D eigenvalue weighted by molar-refractivity contribution is 6.25. The molecule has 0 amide bonds. The van der Waals surface area contributed by atoms with Crippen molar-refractivity contribution in [1.29, 1.82) is 0 Å². The Labute approximate surface area is 92.9 Å². The maximum atomic E-state index is 5.63. The Hall–Kier alpha value is -0.0100. The standard InChI is InChI=1S/C12H22ClN/c1-9-4-5-12(11(3)6-9)14-8-10(2)7-13/h7,9,11-12,14H,4-6,8H2,1-3H3/b10-7+. The van der Waals surface area contributed by atoms with E-state index >= 15 is 0 Å². The van der Waals surface area contributed by atoms with Crippen molar-refractivity contribution >= 4 is 11.6 Å². The van der Waals surface area contributed by atoms with Gasteiger partial charge in [-0.1, -0.05) is 25.4 Å². The molecule has 1 rings (SSSR count). The highest BCUT2D eigenvalue weighted by atomic mass is 35.5. The second-order valence-corrected chi connectivity index (χ2v) is 5.06. The summed E-state index contributed by atoms with van der Waals surface area (Å²) in [6, 6.07) is 0.692. The van der Waals surface area contributed by atoms with Crippen LogP contribution in [0.25, 0.3) is 0 Å². The maximum Gasteiger partial charge on any atom is 0.0176 e. The van der Waals surface area contributed by atoms with Crippen LogP contribution in [-0.2, 0) is 0 Å². The molecule has 1 nitrogen and oxygen atoms in total. The molecule has 1 fully saturated rings. The lowest BCUT2D eigenvalue weighted by Crippen LogP contribution is -2.39. The van der Waals surface area contributed by atoms with Gasteiger partial charge in [-0.3, -0.25) is 0 Å². The van der Waals surface area contributed by atoms with Crippen molar-refractivity contribution in [3.8, 4) is 0 Å². The van der Waals surface area contributed by atoms with Gasteiger partial charge in [0, 0.05) is 18.1 Å². The molecule has 0 heterocycles. The van der Waals surface area contributed by atoms with Crippen molar-refractivity contribution in [3.05, 3.63) is 11.1 Å². The van der Waals surface area contributed by atoms with E-state index < -0.39 is 0 Å². The molecule has 0 aromatic heterocycles. The number of halogens is 1. The van der Waals surface area contributed by atoms with Crippen LogP contribution in [0.2, 0.25) is 0 Å². The zero-order valence-corrected chi connectivity index (χ0v) is 10.3. The minimum absolute atomic E-state index is 0.692. The Balaban J connectivity index is 2.31. The Morgan fingerprint density at radius 2 is 2.14 bits per heavy atom. The SMILES string of the molecule is C/C(=C\Cl)CNC1CCC(C)CC1C. The molecular formula is C12H22ClN. The molecule has 1 N–H and O–H groups in total. The average Bonchev–Trinajstić information content (AvgIpc) is 2.16. The summed E-state index contributed by atoms with van der Waals surface area (Å²) in [5.41, 5.74) is 2.89. The smallest absolute Gasteiger partial charge is 0.0176 e. The van der Waals surface area contributed by atoms with Gasteiger partial charge in [-0.05, 0) is 43.6 Å². The molecule has 0 radical (unpaired) electrons. The first-order chi connectivity index (χ1) is 6.63. The molecule has 3 atom stereocenters. The molecule has 1 aliphatic rings. The molecule has 14 heavy (non-hydrogen) atoms. The van der Waals surface area contributed by atoms with Crippen molar-refractivity contribution in [3.63, 3.8) is 0 Å². The monoisotopic (exact) mass is 215 g/mol. The van der Waals surface area contributed by atoms with Crippen molar-refractivity contribution in [2.24, 2.45) is 11.8 Å². The van der Waals surface area contributed by atoms with E-state index in [2.05, 4.69) is 26.1 Å². The Kier molecular flexibility index (Phi) is 4.97. The lowest BCUT2D eigenvalue weighted by Gasteiger charge is -2.33. The van der Waals surface area contributed by atoms with Gasteiger partial charge in [-0.15, -0.1) is 0 Å². The number of nitrogens with one attached hydrogen (secondary N) is 1. The third-order valence-corrected chi connectivity index (χ3v) is 3.63. The topological polar surface area (TPSA) is 12.0 Å². The molecule has 0 aromatic rings. The van der Waals surface area contributed by atoms with E-state index in [-0.39, 0.29) is 0 Å². The molecule has 0 aromatic carbocycles. The van der Waals surface area contributed by atoms with E-state index in [1.54, 1.807) is 5.54 Å². The van der Waals surface area contributed by atoms with Crippen LogP contribution >= 0.6 is 11.6 Å². The summed E-state index contributed by atoms with van der Waals surface area (Å²) in [5, 5.41) is 3.59. The van der Waals surface area contributed by atoms with E-state index in [9.17, 15) is 0 Å². The van der Waals surface area contributed by atoms with Gasteiger partial charge < -0.3 is 5.32 Å². The fourth-order valence-corrected chi connectivity index (χ4v) is 2.38. The van der Waals surface area contributed by atoms with Crippen LogP contribution in [-0.4, -0.2) is 12.6 Å². The van der Waals surface area contributed by atoms with Gasteiger partial charge in [-0.25, -0.2) is 0 Å². The summed E-state index contributed by atoms with van der Waals surface area (Å²) in [5.74, 6) is 1.72. The molecule has 0 spiro atoms. The lowest BCUT2D eigenvalue weighted by atomic mass is 9.80. The predicted octanol–water partition coefficient (Wildman–Crippen LogP) is 3.54. The largest absolute Gasteiger partial charge is 0.310 e. The Bertz CT molecular complexity index is 200. The Morgan fingerprint density at radius 3 is 2.71 bits per heavy atom. The molecule has 0 saturated heterocycles. The van der Waals surface area contributed by atoms with Gasteiger partial charge in [0.1, 0.15) is 0 Å². The van der Waals surface area contributed by atoms with Gasteiger partial charge in [0.15, 0.2) is 0 Å². The first-order valence-corrected chi connectivity index (χ1v) is 6.06. The van der Waals surface area contributed by atoms with Crippen LogP contribution in [0.3, 0.4) is 0 Å². The maximum absolute atomic E-state index is 5.63. The molecular weight excluding hydrogens is 194 g/mol. The van der Waals surface area contributed by atoms with Crippen LogP contribution in [0, 0.1) is 11.8 Å². The fourth-order valence-electron chi connectivity index (χ4n) is 2.30. The molecule has 1 saturated carbocycles. The predicted molar refractivity (Wildman–Crippen MR) is 63.6 cm³/mol. The van der Waals surface area contributed by atoms with Crippen molar-refractivity contribution < 1.29 is 0 Å².